The van der Waals surface area contributed by atoms with Gasteiger partial charge in [0.05, 0.1) is 0 Å². The van der Waals surface area contributed by atoms with Crippen molar-refractivity contribution in [3.8, 4) is 0 Å². The Hall–Kier alpha value is -1.17. The smallest absolute Gasteiger partial charge is 0.226 e. The zero-order chi connectivity index (χ0) is 16.8. The van der Waals surface area contributed by atoms with Crippen LogP contribution in [0.25, 0.3) is 0 Å². The van der Waals surface area contributed by atoms with Gasteiger partial charge >= 0.3 is 0 Å². The molecule has 2 rings (SSSR count). The van der Waals surface area contributed by atoms with E-state index in [1.807, 2.05) is 19.0 Å². The van der Waals surface area contributed by atoms with Crippen molar-refractivity contribution < 1.29 is 9.18 Å². The lowest BCUT2D eigenvalue weighted by Gasteiger charge is -2.33. The fourth-order valence-electron chi connectivity index (χ4n) is 3.01. The Balaban J connectivity index is 0.00000288. The van der Waals surface area contributed by atoms with Gasteiger partial charge < -0.3 is 15.1 Å². The van der Waals surface area contributed by atoms with Gasteiger partial charge in [0.25, 0.3) is 0 Å². The summed E-state index contributed by atoms with van der Waals surface area (Å²) in [5.41, 5.74) is 0.973. The van der Waals surface area contributed by atoms with E-state index in [-0.39, 0.29) is 30.0 Å². The summed E-state index contributed by atoms with van der Waals surface area (Å²) in [6.45, 7) is 5.10. The molecule has 4 nitrogen and oxygen atoms in total. The molecule has 1 heterocycles. The molecule has 2 atom stereocenters. The first kappa shape index (κ1) is 20.9. The van der Waals surface area contributed by atoms with Crippen molar-refractivity contribution in [2.75, 3.05) is 33.7 Å². The fourth-order valence-corrected chi connectivity index (χ4v) is 3.01. The summed E-state index contributed by atoms with van der Waals surface area (Å²) < 4.78 is 13.1. The molecule has 0 aliphatic carbocycles. The van der Waals surface area contributed by atoms with E-state index in [9.17, 15) is 9.18 Å². The van der Waals surface area contributed by atoms with Crippen molar-refractivity contribution in [3.63, 3.8) is 0 Å². The summed E-state index contributed by atoms with van der Waals surface area (Å²) in [6, 6.07) is 6.82. The molecular weight excluding hydrogens is 329 g/mol. The number of hydrogen-bond donors (Lipinski definition) is 1. The zero-order valence-electron chi connectivity index (χ0n) is 14.8. The maximum atomic E-state index is 13.1. The molecule has 1 fully saturated rings. The summed E-state index contributed by atoms with van der Waals surface area (Å²) in [6.07, 6.45) is 1.78. The maximum absolute atomic E-state index is 13.1. The number of likely N-dealkylation sites (N-methyl/N-ethyl adjacent to an activating group) is 1. The number of amides is 1. The van der Waals surface area contributed by atoms with E-state index in [0.717, 1.165) is 31.5 Å². The second kappa shape index (κ2) is 9.97. The fraction of sp³-hybridized carbons (Fsp3) is 0.611. The van der Waals surface area contributed by atoms with Gasteiger partial charge in [0, 0.05) is 31.6 Å². The molecule has 0 saturated carbocycles. The first-order valence-electron chi connectivity index (χ1n) is 8.37. The minimum absolute atomic E-state index is 0. The van der Waals surface area contributed by atoms with Gasteiger partial charge in [-0.15, -0.1) is 12.4 Å². The molecule has 1 aromatic rings. The summed E-state index contributed by atoms with van der Waals surface area (Å²) in [5.74, 6) is 0.0745. The van der Waals surface area contributed by atoms with E-state index in [2.05, 4.69) is 17.1 Å². The monoisotopic (exact) mass is 357 g/mol. The number of nitrogens with one attached hydrogen (secondary N) is 1. The number of nitrogens with zero attached hydrogens (tertiary/aromatic N) is 2. The first-order valence-corrected chi connectivity index (χ1v) is 8.37. The van der Waals surface area contributed by atoms with E-state index < -0.39 is 0 Å². The molecule has 0 aromatic heterocycles. The molecule has 0 spiro atoms. The van der Waals surface area contributed by atoms with Crippen LogP contribution in [0.4, 0.5) is 4.39 Å². The molecule has 136 valence electrons. The van der Waals surface area contributed by atoms with Gasteiger partial charge in [0.2, 0.25) is 5.91 Å². The first-order chi connectivity index (χ1) is 11.0. The zero-order valence-corrected chi connectivity index (χ0v) is 15.6. The van der Waals surface area contributed by atoms with Crippen LogP contribution in [0, 0.1) is 11.7 Å². The Morgan fingerprint density at radius 1 is 1.25 bits per heavy atom. The van der Waals surface area contributed by atoms with Gasteiger partial charge in [0.15, 0.2) is 0 Å². The molecular formula is C18H29ClFN3O. The number of rotatable bonds is 6. The highest BCUT2D eigenvalue weighted by molar-refractivity contribution is 5.85. The quantitative estimate of drug-likeness (QED) is 0.849. The third-order valence-electron chi connectivity index (χ3n) is 4.39. The Labute approximate surface area is 150 Å². The van der Waals surface area contributed by atoms with Gasteiger partial charge in [-0.25, -0.2) is 4.39 Å². The molecule has 1 N–H and O–H groups in total. The van der Waals surface area contributed by atoms with Gasteiger partial charge in [-0.2, -0.15) is 0 Å². The van der Waals surface area contributed by atoms with Crippen molar-refractivity contribution in [3.05, 3.63) is 35.6 Å². The van der Waals surface area contributed by atoms with Crippen LogP contribution in [-0.2, 0) is 11.3 Å². The Kier molecular flexibility index (Phi) is 8.67. The highest BCUT2D eigenvalue weighted by Crippen LogP contribution is 2.20. The van der Waals surface area contributed by atoms with E-state index in [1.165, 1.54) is 12.1 Å². The van der Waals surface area contributed by atoms with E-state index >= 15 is 0 Å². The number of halogens is 2. The lowest BCUT2D eigenvalue weighted by molar-refractivity contribution is -0.137. The van der Waals surface area contributed by atoms with Crippen molar-refractivity contribution in [1.29, 1.82) is 0 Å². The summed E-state index contributed by atoms with van der Waals surface area (Å²) in [5, 5.41) is 3.39. The minimum Gasteiger partial charge on any atom is -0.337 e. The summed E-state index contributed by atoms with van der Waals surface area (Å²) in [7, 11) is 4.01. The van der Waals surface area contributed by atoms with Crippen LogP contribution in [0.2, 0.25) is 0 Å². The summed E-state index contributed by atoms with van der Waals surface area (Å²) in [4.78, 5) is 16.9. The molecule has 24 heavy (non-hydrogen) atoms. The standard InChI is InChI=1S/C18H28FN3O.ClH/c1-14-12-16(8-9-20-14)18(23)22(11-10-21(2)3)13-15-4-6-17(19)7-5-15;/h4-7,14,16,20H,8-13H2,1-3H3;1H/t14-,16-;/m0./s1. The van der Waals surface area contributed by atoms with Gasteiger partial charge in [0.1, 0.15) is 5.82 Å². The minimum atomic E-state index is -0.243. The third-order valence-corrected chi connectivity index (χ3v) is 4.39. The van der Waals surface area contributed by atoms with Crippen molar-refractivity contribution in [2.45, 2.75) is 32.4 Å². The van der Waals surface area contributed by atoms with Crippen molar-refractivity contribution >= 4 is 18.3 Å². The maximum Gasteiger partial charge on any atom is 0.226 e. The van der Waals surface area contributed by atoms with Crippen molar-refractivity contribution in [1.82, 2.24) is 15.1 Å². The SMILES string of the molecule is C[C@H]1C[C@@H](C(=O)N(CCN(C)C)Cc2ccc(F)cc2)CCN1.Cl. The molecule has 1 saturated heterocycles. The highest BCUT2D eigenvalue weighted by Gasteiger charge is 2.28. The van der Waals surface area contributed by atoms with Crippen LogP contribution < -0.4 is 5.32 Å². The Morgan fingerprint density at radius 2 is 1.92 bits per heavy atom. The van der Waals surface area contributed by atoms with E-state index in [0.29, 0.717) is 19.1 Å². The molecule has 1 aliphatic heterocycles. The van der Waals surface area contributed by atoms with Crippen molar-refractivity contribution in [2.24, 2.45) is 5.92 Å². The van der Waals surface area contributed by atoms with Gasteiger partial charge in [-0.1, -0.05) is 12.1 Å². The topological polar surface area (TPSA) is 35.6 Å². The number of carbonyl (C=O) groups excluding carboxylic acids is 1. The highest BCUT2D eigenvalue weighted by atomic mass is 35.5. The number of benzene rings is 1. The van der Waals surface area contributed by atoms with E-state index in [4.69, 9.17) is 0 Å². The molecule has 1 aliphatic rings. The second-order valence-corrected chi connectivity index (χ2v) is 6.77. The van der Waals surface area contributed by atoms with Crippen LogP contribution in [-0.4, -0.2) is 55.5 Å². The Bertz CT molecular complexity index is 509. The van der Waals surface area contributed by atoms with Crippen LogP contribution in [0.1, 0.15) is 25.3 Å². The third kappa shape index (κ3) is 6.38. The van der Waals surface area contributed by atoms with E-state index in [1.54, 1.807) is 12.1 Å². The largest absolute Gasteiger partial charge is 0.337 e. The van der Waals surface area contributed by atoms with Crippen LogP contribution in [0.5, 0.6) is 0 Å². The predicted octanol–water partition coefficient (Wildman–Crippen LogP) is 2.53. The number of carbonyl (C=O) groups is 1. The lowest BCUT2D eigenvalue weighted by atomic mass is 9.92. The second-order valence-electron chi connectivity index (χ2n) is 6.77. The average molecular weight is 358 g/mol. The summed E-state index contributed by atoms with van der Waals surface area (Å²) >= 11 is 0. The lowest BCUT2D eigenvalue weighted by Crippen LogP contribution is -2.45. The molecule has 1 aromatic carbocycles. The van der Waals surface area contributed by atoms with Gasteiger partial charge in [-0.3, -0.25) is 4.79 Å². The van der Waals surface area contributed by atoms with Crippen LogP contribution in [0.15, 0.2) is 24.3 Å². The molecule has 0 unspecified atom stereocenters. The molecule has 1 amide bonds. The number of piperidine rings is 1. The average Bonchev–Trinajstić information content (AvgIpc) is 2.52. The molecule has 6 heteroatoms. The van der Waals surface area contributed by atoms with Gasteiger partial charge in [-0.05, 0) is 58.1 Å². The normalized spacial score (nSPS) is 20.5. The number of hydrogen-bond acceptors (Lipinski definition) is 3. The molecule has 0 radical (unpaired) electrons. The predicted molar refractivity (Wildman–Crippen MR) is 97.8 cm³/mol. The molecule has 0 bridgehead atoms. The van der Waals surface area contributed by atoms with Crippen LogP contribution >= 0.6 is 12.4 Å². The Morgan fingerprint density at radius 3 is 2.50 bits per heavy atom. The van der Waals surface area contributed by atoms with Crippen LogP contribution in [0.3, 0.4) is 0 Å².